The summed E-state index contributed by atoms with van der Waals surface area (Å²) in [5.74, 6) is 0.799. The Hall–Kier alpha value is -3.40. The highest BCUT2D eigenvalue weighted by molar-refractivity contribution is 6.76. The molecule has 4 aromatic rings. The Kier molecular flexibility index (Phi) is 9.94. The summed E-state index contributed by atoms with van der Waals surface area (Å²) in [4.78, 5) is 24.6. The highest BCUT2D eigenvalue weighted by Gasteiger charge is 2.38. The molecule has 1 aliphatic carbocycles. The zero-order valence-electron chi connectivity index (χ0n) is 29.4. The normalized spacial score (nSPS) is 15.0. The van der Waals surface area contributed by atoms with E-state index in [2.05, 4.69) is 54.0 Å². The van der Waals surface area contributed by atoms with Gasteiger partial charge < -0.3 is 23.7 Å². The van der Waals surface area contributed by atoms with Crippen LogP contribution in [-0.2, 0) is 40.5 Å². The van der Waals surface area contributed by atoms with E-state index >= 15 is 4.39 Å². The molecule has 1 N–H and O–H groups in total. The summed E-state index contributed by atoms with van der Waals surface area (Å²) in [6.07, 6.45) is 4.41. The van der Waals surface area contributed by atoms with Crippen LogP contribution in [0.3, 0.4) is 0 Å². The van der Waals surface area contributed by atoms with Gasteiger partial charge in [-0.2, -0.15) is 5.10 Å². The number of aromatic amines is 1. The zero-order chi connectivity index (χ0) is 34.2. The second kappa shape index (κ2) is 13.8. The van der Waals surface area contributed by atoms with Crippen LogP contribution in [0.1, 0.15) is 36.7 Å². The summed E-state index contributed by atoms with van der Waals surface area (Å²) in [5.41, 5.74) is 5.60. The van der Waals surface area contributed by atoms with Gasteiger partial charge in [-0.3, -0.25) is 14.9 Å². The van der Waals surface area contributed by atoms with Crippen LogP contribution in [0, 0.1) is 11.7 Å². The molecule has 10 nitrogen and oxygen atoms in total. The molecule has 2 aliphatic rings. The first kappa shape index (κ1) is 34.5. The number of ether oxygens (including phenoxy) is 3. The molecule has 1 aliphatic heterocycles. The molecule has 48 heavy (non-hydrogen) atoms. The number of hydrogen-bond donors (Lipinski definition) is 1. The molecule has 6 rings (SSSR count). The van der Waals surface area contributed by atoms with Crippen molar-refractivity contribution in [3.8, 4) is 28.5 Å². The van der Waals surface area contributed by atoms with Gasteiger partial charge in [-0.15, -0.1) is 0 Å². The molecule has 3 aromatic heterocycles. The third kappa shape index (κ3) is 7.90. The van der Waals surface area contributed by atoms with E-state index in [-0.39, 0.29) is 24.4 Å². The Morgan fingerprint density at radius 3 is 2.44 bits per heavy atom. The number of imidazole rings is 1. The number of H-pyrrole nitrogens is 1. The van der Waals surface area contributed by atoms with Crippen LogP contribution in [0.5, 0.6) is 5.75 Å². The lowest BCUT2D eigenvalue weighted by molar-refractivity contribution is -0.133. The quantitative estimate of drug-likeness (QED) is 0.0784. The molecule has 1 aromatic carbocycles. The van der Waals surface area contributed by atoms with E-state index in [0.29, 0.717) is 62.2 Å². The number of amides is 1. The predicted octanol–water partition coefficient (Wildman–Crippen LogP) is 7.45. The highest BCUT2D eigenvalue weighted by Crippen LogP contribution is 2.37. The molecule has 0 unspecified atom stereocenters. The second-order valence-corrected chi connectivity index (χ2v) is 26.8. The molecule has 0 atom stereocenters. The fraction of sp³-hybridized carbons (Fsp3) is 0.543. The number of aryl methyl sites for hydroxylation is 1. The maximum Gasteiger partial charge on any atom is 0.226 e. The average molecular weight is 693 g/mol. The number of rotatable bonds is 15. The van der Waals surface area contributed by atoms with E-state index in [4.69, 9.17) is 24.2 Å². The van der Waals surface area contributed by atoms with Gasteiger partial charge in [-0.05, 0) is 55.1 Å². The van der Waals surface area contributed by atoms with Gasteiger partial charge in [0, 0.05) is 52.4 Å². The summed E-state index contributed by atoms with van der Waals surface area (Å²) in [5, 5.41) is 8.66. The number of nitrogens with zero attached hydrogens (tertiary/aromatic N) is 5. The van der Waals surface area contributed by atoms with E-state index in [9.17, 15) is 4.79 Å². The van der Waals surface area contributed by atoms with Crippen molar-refractivity contribution in [2.24, 2.45) is 5.92 Å². The average Bonchev–Trinajstić information content (AvgIpc) is 3.53. The fourth-order valence-electron chi connectivity index (χ4n) is 5.87. The summed E-state index contributed by atoms with van der Waals surface area (Å²) in [6, 6.07) is 7.23. The van der Waals surface area contributed by atoms with E-state index in [1.54, 1.807) is 12.3 Å². The number of fused-ring (bicyclic) bond motifs is 2. The van der Waals surface area contributed by atoms with Gasteiger partial charge in [-0.1, -0.05) is 46.2 Å². The Balaban J connectivity index is 1.24. The minimum atomic E-state index is -1.26. The summed E-state index contributed by atoms with van der Waals surface area (Å²) in [6.45, 7) is 18.6. The predicted molar refractivity (Wildman–Crippen MR) is 191 cm³/mol. The summed E-state index contributed by atoms with van der Waals surface area (Å²) < 4.78 is 34.8. The highest BCUT2D eigenvalue weighted by atomic mass is 28.3. The minimum absolute atomic E-state index is 0.0163. The van der Waals surface area contributed by atoms with E-state index < -0.39 is 22.0 Å². The van der Waals surface area contributed by atoms with Crippen molar-refractivity contribution in [2.45, 2.75) is 97.4 Å². The van der Waals surface area contributed by atoms with Crippen molar-refractivity contribution in [1.82, 2.24) is 29.6 Å². The Labute approximate surface area is 284 Å². The number of nitrogens with one attached hydrogen (secondary N) is 1. The SMILES string of the molecule is CCc1cc(OCOCC[Si](C)(C)C)c(F)cc1-c1cc2[nH]nc(-c3nc4c(n3COCC[Si](C)(C)C)CN(C(=O)C3CC3)C4)c2cn1. The van der Waals surface area contributed by atoms with E-state index in [1.807, 2.05) is 17.9 Å². The Morgan fingerprint density at radius 1 is 1.02 bits per heavy atom. The molecule has 1 saturated carbocycles. The van der Waals surface area contributed by atoms with Crippen LogP contribution in [0.25, 0.3) is 33.7 Å². The van der Waals surface area contributed by atoms with Crippen molar-refractivity contribution in [2.75, 3.05) is 20.0 Å². The summed E-state index contributed by atoms with van der Waals surface area (Å²) in [7, 11) is -2.47. The van der Waals surface area contributed by atoms with Crippen molar-refractivity contribution in [1.29, 1.82) is 0 Å². The first-order valence-corrected chi connectivity index (χ1v) is 24.6. The van der Waals surface area contributed by atoms with Crippen LogP contribution in [0.4, 0.5) is 4.39 Å². The van der Waals surface area contributed by atoms with Gasteiger partial charge >= 0.3 is 0 Å². The number of carbonyl (C=O) groups excluding carboxylic acids is 1. The maximum atomic E-state index is 15.3. The number of benzene rings is 1. The second-order valence-electron chi connectivity index (χ2n) is 15.5. The van der Waals surface area contributed by atoms with Crippen LogP contribution in [-0.4, -0.2) is 71.7 Å². The van der Waals surface area contributed by atoms with Crippen LogP contribution < -0.4 is 4.74 Å². The zero-order valence-corrected chi connectivity index (χ0v) is 31.4. The lowest BCUT2D eigenvalue weighted by Crippen LogP contribution is -2.27. The number of pyridine rings is 1. The molecule has 4 heterocycles. The van der Waals surface area contributed by atoms with Crippen LogP contribution in [0.2, 0.25) is 51.4 Å². The Bertz CT molecular complexity index is 1790. The monoisotopic (exact) mass is 692 g/mol. The molecule has 0 saturated heterocycles. The molecule has 13 heteroatoms. The van der Waals surface area contributed by atoms with Gasteiger partial charge in [0.05, 0.1) is 35.7 Å². The van der Waals surface area contributed by atoms with E-state index in [1.165, 1.54) is 6.07 Å². The smallest absolute Gasteiger partial charge is 0.226 e. The van der Waals surface area contributed by atoms with Crippen molar-refractivity contribution >= 4 is 33.0 Å². The lowest BCUT2D eigenvalue weighted by Gasteiger charge is -2.18. The first-order chi connectivity index (χ1) is 22.8. The fourth-order valence-corrected chi connectivity index (χ4v) is 7.38. The molecule has 1 fully saturated rings. The van der Waals surface area contributed by atoms with Gasteiger partial charge in [0.25, 0.3) is 0 Å². The van der Waals surface area contributed by atoms with Crippen LogP contribution in [0.15, 0.2) is 24.4 Å². The minimum Gasteiger partial charge on any atom is -0.464 e. The molecule has 0 bridgehead atoms. The number of halogens is 1. The number of aromatic nitrogens is 5. The van der Waals surface area contributed by atoms with Crippen molar-refractivity contribution in [3.05, 3.63) is 47.2 Å². The molecule has 0 spiro atoms. The molecular weight excluding hydrogens is 644 g/mol. The van der Waals surface area contributed by atoms with Gasteiger partial charge in [0.2, 0.25) is 5.91 Å². The van der Waals surface area contributed by atoms with Gasteiger partial charge in [0.1, 0.15) is 12.4 Å². The Morgan fingerprint density at radius 2 is 1.75 bits per heavy atom. The third-order valence-electron chi connectivity index (χ3n) is 9.06. The maximum absolute atomic E-state index is 15.3. The van der Waals surface area contributed by atoms with E-state index in [0.717, 1.165) is 52.8 Å². The van der Waals surface area contributed by atoms with Gasteiger partial charge in [0.15, 0.2) is 24.2 Å². The summed E-state index contributed by atoms with van der Waals surface area (Å²) >= 11 is 0. The molecule has 0 radical (unpaired) electrons. The first-order valence-electron chi connectivity index (χ1n) is 17.1. The lowest BCUT2D eigenvalue weighted by atomic mass is 10.0. The number of carbonyl (C=O) groups is 1. The standard InChI is InChI=1S/C35H49FN6O4Si2/c1-8-23-15-32(46-22-45-12-14-48(5,6)7)27(36)16-25(23)28-17-29-26(18-37-28)33(40-39-29)34-38-30-19-41(35(43)24-9-10-24)20-31(30)42(34)21-44-11-13-47(2,3)4/h15-18,24H,8-14,19-22H2,1-7H3,(H,39,40). The third-order valence-corrected chi connectivity index (χ3v) is 12.5. The topological polar surface area (TPSA) is 107 Å². The molecule has 258 valence electrons. The van der Waals surface area contributed by atoms with Gasteiger partial charge in [-0.25, -0.2) is 9.37 Å². The van der Waals surface area contributed by atoms with Crippen molar-refractivity contribution < 1.29 is 23.4 Å². The molecular formula is C35H49FN6O4Si2. The largest absolute Gasteiger partial charge is 0.464 e. The van der Waals surface area contributed by atoms with Crippen molar-refractivity contribution in [3.63, 3.8) is 0 Å². The van der Waals surface area contributed by atoms with Crippen LogP contribution >= 0.6 is 0 Å². The molecule has 1 amide bonds. The number of hydrogen-bond acceptors (Lipinski definition) is 7.